The van der Waals surface area contributed by atoms with Crippen LogP contribution in [-0.2, 0) is 4.79 Å². The quantitative estimate of drug-likeness (QED) is 0.836. The number of rotatable bonds is 2. The number of carbonyl (C=O) groups is 1. The summed E-state index contributed by atoms with van der Waals surface area (Å²) < 4.78 is 37.9. The fourth-order valence-corrected chi connectivity index (χ4v) is 2.39. The van der Waals surface area contributed by atoms with Crippen molar-refractivity contribution in [3.63, 3.8) is 0 Å². The Labute approximate surface area is 111 Å². The summed E-state index contributed by atoms with van der Waals surface area (Å²) >= 11 is 0. The number of nitrogens with two attached hydrogens (primary N) is 1. The summed E-state index contributed by atoms with van der Waals surface area (Å²) in [6.07, 6.45) is -1.52. The Morgan fingerprint density at radius 1 is 1.37 bits per heavy atom. The average molecular weight is 279 g/mol. The van der Waals surface area contributed by atoms with Gasteiger partial charge in [0, 0.05) is 32.0 Å². The van der Waals surface area contributed by atoms with E-state index in [4.69, 9.17) is 5.73 Å². The van der Waals surface area contributed by atoms with Gasteiger partial charge in [0.25, 0.3) is 0 Å². The van der Waals surface area contributed by atoms with Gasteiger partial charge in [0.1, 0.15) is 0 Å². The molecule has 0 aromatic heterocycles. The van der Waals surface area contributed by atoms with Gasteiger partial charge in [-0.05, 0) is 26.2 Å². The van der Waals surface area contributed by atoms with Crippen LogP contribution in [0.25, 0.3) is 0 Å². The molecule has 19 heavy (non-hydrogen) atoms. The van der Waals surface area contributed by atoms with Gasteiger partial charge in [0.05, 0.1) is 6.04 Å². The van der Waals surface area contributed by atoms with E-state index in [0.717, 1.165) is 11.3 Å². The van der Waals surface area contributed by atoms with Crippen molar-refractivity contribution in [2.24, 2.45) is 5.73 Å². The lowest BCUT2D eigenvalue weighted by atomic mass is 9.94. The first-order chi connectivity index (χ1) is 8.64. The molecule has 1 amide bonds. The van der Waals surface area contributed by atoms with Crippen molar-refractivity contribution in [3.8, 4) is 0 Å². The van der Waals surface area contributed by atoms with Crippen molar-refractivity contribution in [2.75, 3.05) is 14.1 Å². The van der Waals surface area contributed by atoms with Crippen molar-refractivity contribution in [2.45, 2.75) is 44.4 Å². The SMILES string of the molecule is CC1CCCC(/C(N)=C/N(C)C)N1C(=O)C(F)(F)F. The standard InChI is InChI=1S/C12H20F3N3O/c1-8-5-4-6-10(9(16)7-17(2)3)18(8)11(19)12(13,14)15/h7-8,10H,4-6,16H2,1-3H3/b9-7-. The predicted molar refractivity (Wildman–Crippen MR) is 66.0 cm³/mol. The van der Waals surface area contributed by atoms with Crippen LogP contribution in [0.1, 0.15) is 26.2 Å². The summed E-state index contributed by atoms with van der Waals surface area (Å²) in [5, 5.41) is 0. The summed E-state index contributed by atoms with van der Waals surface area (Å²) in [5.74, 6) is -1.81. The van der Waals surface area contributed by atoms with Crippen molar-refractivity contribution in [1.82, 2.24) is 9.80 Å². The largest absolute Gasteiger partial charge is 0.471 e. The summed E-state index contributed by atoms with van der Waals surface area (Å²) in [7, 11) is 3.46. The van der Waals surface area contributed by atoms with Crippen molar-refractivity contribution < 1.29 is 18.0 Å². The topological polar surface area (TPSA) is 49.6 Å². The van der Waals surface area contributed by atoms with E-state index in [-0.39, 0.29) is 5.70 Å². The molecule has 7 heteroatoms. The predicted octanol–water partition coefficient (Wildman–Crippen LogP) is 1.68. The second-order valence-electron chi connectivity index (χ2n) is 5.10. The third-order valence-electron chi connectivity index (χ3n) is 3.18. The third-order valence-corrected chi connectivity index (χ3v) is 3.18. The fraction of sp³-hybridized carbons (Fsp3) is 0.750. The number of piperidine rings is 1. The Hall–Kier alpha value is -1.40. The molecule has 1 fully saturated rings. The zero-order valence-corrected chi connectivity index (χ0v) is 11.4. The van der Waals surface area contributed by atoms with Gasteiger partial charge in [0.15, 0.2) is 0 Å². The van der Waals surface area contributed by atoms with Gasteiger partial charge in [-0.1, -0.05) is 0 Å². The van der Waals surface area contributed by atoms with Crippen LogP contribution in [0.2, 0.25) is 0 Å². The van der Waals surface area contributed by atoms with Crippen LogP contribution < -0.4 is 5.73 Å². The molecule has 1 heterocycles. The first kappa shape index (κ1) is 15.7. The molecule has 0 aromatic rings. The molecule has 0 aromatic carbocycles. The molecule has 1 rings (SSSR count). The smallest absolute Gasteiger partial charge is 0.399 e. The molecule has 0 radical (unpaired) electrons. The molecule has 110 valence electrons. The van der Waals surface area contributed by atoms with Gasteiger partial charge in [-0.25, -0.2) is 0 Å². The van der Waals surface area contributed by atoms with E-state index < -0.39 is 24.2 Å². The normalized spacial score (nSPS) is 25.4. The molecule has 2 N–H and O–H groups in total. The van der Waals surface area contributed by atoms with Crippen LogP contribution in [0.4, 0.5) is 13.2 Å². The Kier molecular flexibility index (Phi) is 4.70. The Balaban J connectivity index is 3.03. The molecule has 1 saturated heterocycles. The van der Waals surface area contributed by atoms with Gasteiger partial charge in [-0.15, -0.1) is 0 Å². The second kappa shape index (κ2) is 5.71. The minimum Gasteiger partial charge on any atom is -0.399 e. The lowest BCUT2D eigenvalue weighted by molar-refractivity contribution is -0.191. The number of nitrogens with zero attached hydrogens (tertiary/aromatic N) is 2. The number of alkyl halides is 3. The molecule has 2 atom stereocenters. The van der Waals surface area contributed by atoms with E-state index in [1.807, 2.05) is 0 Å². The Bertz CT molecular complexity index is 366. The monoisotopic (exact) mass is 279 g/mol. The van der Waals surface area contributed by atoms with Crippen LogP contribution in [0, 0.1) is 0 Å². The zero-order valence-electron chi connectivity index (χ0n) is 11.4. The van der Waals surface area contributed by atoms with Gasteiger partial charge < -0.3 is 15.5 Å². The van der Waals surface area contributed by atoms with Crippen LogP contribution >= 0.6 is 0 Å². The number of likely N-dealkylation sites (tertiary alicyclic amines) is 1. The van der Waals surface area contributed by atoms with Crippen molar-refractivity contribution in [3.05, 3.63) is 11.9 Å². The first-order valence-corrected chi connectivity index (χ1v) is 6.17. The van der Waals surface area contributed by atoms with Gasteiger partial charge in [-0.3, -0.25) is 4.79 Å². The molecular weight excluding hydrogens is 259 g/mol. The second-order valence-corrected chi connectivity index (χ2v) is 5.10. The van der Waals surface area contributed by atoms with Crippen molar-refractivity contribution in [1.29, 1.82) is 0 Å². The Morgan fingerprint density at radius 2 is 1.95 bits per heavy atom. The van der Waals surface area contributed by atoms with Crippen LogP contribution in [0.5, 0.6) is 0 Å². The van der Waals surface area contributed by atoms with E-state index in [9.17, 15) is 18.0 Å². The highest BCUT2D eigenvalue weighted by molar-refractivity contribution is 5.82. The fourth-order valence-electron chi connectivity index (χ4n) is 2.39. The molecule has 1 aliphatic heterocycles. The number of hydrogen-bond donors (Lipinski definition) is 1. The minimum absolute atomic E-state index is 0.286. The van der Waals surface area contributed by atoms with E-state index in [0.29, 0.717) is 12.8 Å². The maximum atomic E-state index is 12.6. The molecule has 0 bridgehead atoms. The minimum atomic E-state index is -4.86. The summed E-state index contributed by atoms with van der Waals surface area (Å²) in [6, 6.07) is -1.14. The highest BCUT2D eigenvalue weighted by atomic mass is 19.4. The van der Waals surface area contributed by atoms with Gasteiger partial charge in [-0.2, -0.15) is 13.2 Å². The Morgan fingerprint density at radius 3 is 2.42 bits per heavy atom. The van der Waals surface area contributed by atoms with Gasteiger partial charge in [0.2, 0.25) is 0 Å². The third kappa shape index (κ3) is 3.78. The maximum Gasteiger partial charge on any atom is 0.471 e. The summed E-state index contributed by atoms with van der Waals surface area (Å²) in [4.78, 5) is 14.1. The molecule has 0 aliphatic carbocycles. The highest BCUT2D eigenvalue weighted by Crippen LogP contribution is 2.30. The number of carbonyl (C=O) groups excluding carboxylic acids is 1. The molecular formula is C12H20F3N3O. The molecule has 2 unspecified atom stereocenters. The molecule has 0 saturated carbocycles. The molecule has 0 spiro atoms. The van der Waals surface area contributed by atoms with Crippen LogP contribution in [0.3, 0.4) is 0 Å². The maximum absolute atomic E-state index is 12.6. The molecule has 4 nitrogen and oxygen atoms in total. The summed E-state index contributed by atoms with van der Waals surface area (Å²) in [5.41, 5.74) is 6.13. The van der Waals surface area contributed by atoms with Crippen LogP contribution in [0.15, 0.2) is 11.9 Å². The highest BCUT2D eigenvalue weighted by Gasteiger charge is 2.47. The average Bonchev–Trinajstić information content (AvgIpc) is 2.25. The number of halogens is 3. The van der Waals surface area contributed by atoms with E-state index in [1.165, 1.54) is 0 Å². The summed E-state index contributed by atoms with van der Waals surface area (Å²) in [6.45, 7) is 1.62. The van der Waals surface area contributed by atoms with E-state index in [2.05, 4.69) is 0 Å². The van der Waals surface area contributed by atoms with Crippen molar-refractivity contribution >= 4 is 5.91 Å². The first-order valence-electron chi connectivity index (χ1n) is 6.17. The molecule has 1 aliphatic rings. The number of amides is 1. The lowest BCUT2D eigenvalue weighted by Gasteiger charge is -2.41. The van der Waals surface area contributed by atoms with Crippen LogP contribution in [-0.4, -0.2) is 48.1 Å². The van der Waals surface area contributed by atoms with Gasteiger partial charge >= 0.3 is 12.1 Å². The van der Waals surface area contributed by atoms with E-state index in [1.54, 1.807) is 32.1 Å². The number of hydrogen-bond acceptors (Lipinski definition) is 3. The van der Waals surface area contributed by atoms with E-state index >= 15 is 0 Å². The zero-order chi connectivity index (χ0) is 14.8. The lowest BCUT2D eigenvalue weighted by Crippen LogP contribution is -2.55.